The molecule has 0 unspecified atom stereocenters. The van der Waals surface area contributed by atoms with E-state index >= 15 is 0 Å². The third kappa shape index (κ3) is 1.84. The minimum absolute atomic E-state index is 0.0561. The fourth-order valence-corrected chi connectivity index (χ4v) is 2.49. The Labute approximate surface area is 99.1 Å². The van der Waals surface area contributed by atoms with Gasteiger partial charge in [-0.25, -0.2) is 9.59 Å². The maximum absolute atomic E-state index is 10.4. The van der Waals surface area contributed by atoms with Crippen LogP contribution in [0.5, 0.6) is 0 Å². The summed E-state index contributed by atoms with van der Waals surface area (Å²) in [6.45, 7) is 4.19. The first-order valence-electron chi connectivity index (χ1n) is 5.42. The lowest BCUT2D eigenvalue weighted by atomic mass is 9.85. The van der Waals surface area contributed by atoms with Crippen LogP contribution in [0, 0.1) is 0 Å². The Hall–Kier alpha value is -2.02. The number of carbonyl (C=O) groups excluding carboxylic acids is 2. The predicted molar refractivity (Wildman–Crippen MR) is 63.4 cm³/mol. The molecule has 2 rings (SSSR count). The molecular formula is C13H12N2O2. The van der Waals surface area contributed by atoms with Gasteiger partial charge >= 0.3 is 0 Å². The second-order valence-electron chi connectivity index (χ2n) is 4.75. The van der Waals surface area contributed by atoms with E-state index in [9.17, 15) is 9.59 Å². The van der Waals surface area contributed by atoms with E-state index in [1.54, 1.807) is 24.3 Å². The molecule has 4 nitrogen and oxygen atoms in total. The molecule has 0 heterocycles. The van der Waals surface area contributed by atoms with E-state index in [-0.39, 0.29) is 5.41 Å². The maximum Gasteiger partial charge on any atom is 0.240 e. The van der Waals surface area contributed by atoms with Crippen LogP contribution in [0.25, 0.3) is 0 Å². The van der Waals surface area contributed by atoms with Crippen LogP contribution < -0.4 is 0 Å². The number of rotatable bonds is 2. The predicted octanol–water partition coefficient (Wildman–Crippen LogP) is 2.85. The molecule has 1 aliphatic rings. The van der Waals surface area contributed by atoms with Crippen molar-refractivity contribution < 1.29 is 9.59 Å². The number of nitrogens with zero attached hydrogens (tertiary/aromatic N) is 2. The summed E-state index contributed by atoms with van der Waals surface area (Å²) in [6.07, 6.45) is 4.92. The summed E-state index contributed by atoms with van der Waals surface area (Å²) in [7, 11) is 0. The zero-order valence-corrected chi connectivity index (χ0v) is 9.78. The molecule has 0 radical (unpaired) electrons. The molecule has 1 aliphatic carbocycles. The Balaban J connectivity index is 2.74. The summed E-state index contributed by atoms with van der Waals surface area (Å²) >= 11 is 0. The highest BCUT2D eigenvalue weighted by Crippen LogP contribution is 2.47. The molecule has 0 atom stereocenters. The van der Waals surface area contributed by atoms with Crippen molar-refractivity contribution >= 4 is 23.5 Å². The quantitative estimate of drug-likeness (QED) is 0.577. The highest BCUT2D eigenvalue weighted by molar-refractivity contribution is 5.69. The van der Waals surface area contributed by atoms with Crippen molar-refractivity contribution in [3.63, 3.8) is 0 Å². The molecule has 4 heteroatoms. The molecule has 17 heavy (non-hydrogen) atoms. The van der Waals surface area contributed by atoms with Crippen molar-refractivity contribution in [1.82, 2.24) is 0 Å². The zero-order valence-electron chi connectivity index (χ0n) is 9.78. The molecule has 0 saturated heterocycles. The zero-order chi connectivity index (χ0) is 12.5. The van der Waals surface area contributed by atoms with Gasteiger partial charge in [0.05, 0.1) is 11.4 Å². The summed E-state index contributed by atoms with van der Waals surface area (Å²) in [5.41, 5.74) is 3.19. The van der Waals surface area contributed by atoms with Crippen LogP contribution in [-0.4, -0.2) is 12.2 Å². The smallest absolute Gasteiger partial charge is 0.211 e. The average molecular weight is 228 g/mol. The standard InChI is InChI=1S/C13H12N2O2/c1-13(2)6-5-9-10(14-7-16)3-4-11(12(9)13)15-8-17/h3-4H,5-6H2,1-2H3. The second-order valence-corrected chi connectivity index (χ2v) is 4.75. The van der Waals surface area contributed by atoms with Gasteiger partial charge in [0.25, 0.3) is 0 Å². The van der Waals surface area contributed by atoms with Crippen molar-refractivity contribution in [2.24, 2.45) is 9.98 Å². The van der Waals surface area contributed by atoms with Gasteiger partial charge in [-0.3, -0.25) is 0 Å². The normalized spacial score (nSPS) is 15.6. The van der Waals surface area contributed by atoms with Crippen LogP contribution in [0.4, 0.5) is 11.4 Å². The molecule has 0 spiro atoms. The summed E-state index contributed by atoms with van der Waals surface area (Å²) in [5.74, 6) is 0. The van der Waals surface area contributed by atoms with Gasteiger partial charge < -0.3 is 0 Å². The van der Waals surface area contributed by atoms with Gasteiger partial charge in [0.15, 0.2) is 0 Å². The molecule has 0 saturated carbocycles. The monoisotopic (exact) mass is 228 g/mol. The van der Waals surface area contributed by atoms with E-state index in [0.29, 0.717) is 11.4 Å². The molecule has 0 amide bonds. The SMILES string of the molecule is CC1(C)CCc2c(N=C=O)ccc(N=C=O)c21. The van der Waals surface area contributed by atoms with Gasteiger partial charge in [0.2, 0.25) is 12.2 Å². The highest BCUT2D eigenvalue weighted by atomic mass is 16.1. The third-order valence-electron chi connectivity index (χ3n) is 3.28. The van der Waals surface area contributed by atoms with Gasteiger partial charge in [-0.05, 0) is 41.5 Å². The van der Waals surface area contributed by atoms with E-state index in [2.05, 4.69) is 23.8 Å². The van der Waals surface area contributed by atoms with E-state index in [4.69, 9.17) is 0 Å². The molecule has 0 aliphatic heterocycles. The lowest BCUT2D eigenvalue weighted by Gasteiger charge is -2.20. The summed E-state index contributed by atoms with van der Waals surface area (Å²) in [5, 5.41) is 0. The molecule has 0 fully saturated rings. The number of hydrogen-bond donors (Lipinski definition) is 0. The summed E-state index contributed by atoms with van der Waals surface area (Å²) in [4.78, 5) is 28.2. The Morgan fingerprint density at radius 2 is 1.71 bits per heavy atom. The molecule has 1 aromatic carbocycles. The fraction of sp³-hybridized carbons (Fsp3) is 0.385. The van der Waals surface area contributed by atoms with Crippen LogP contribution in [0.2, 0.25) is 0 Å². The van der Waals surface area contributed by atoms with E-state index in [1.165, 1.54) is 0 Å². The maximum atomic E-state index is 10.4. The lowest BCUT2D eigenvalue weighted by molar-refractivity contribution is 0.523. The van der Waals surface area contributed by atoms with Crippen LogP contribution in [-0.2, 0) is 21.4 Å². The van der Waals surface area contributed by atoms with Gasteiger partial charge in [-0.15, -0.1) is 0 Å². The highest BCUT2D eigenvalue weighted by Gasteiger charge is 2.34. The van der Waals surface area contributed by atoms with Crippen molar-refractivity contribution in [3.05, 3.63) is 23.3 Å². The number of fused-ring (bicyclic) bond motifs is 1. The van der Waals surface area contributed by atoms with Crippen LogP contribution in [0.15, 0.2) is 22.1 Å². The minimum Gasteiger partial charge on any atom is -0.211 e. The first kappa shape index (κ1) is 11.5. The topological polar surface area (TPSA) is 58.9 Å². The van der Waals surface area contributed by atoms with E-state index < -0.39 is 0 Å². The Bertz CT molecular complexity index is 563. The van der Waals surface area contributed by atoms with Crippen molar-refractivity contribution in [2.45, 2.75) is 32.1 Å². The van der Waals surface area contributed by atoms with Crippen LogP contribution in [0.3, 0.4) is 0 Å². The van der Waals surface area contributed by atoms with E-state index in [1.807, 2.05) is 0 Å². The van der Waals surface area contributed by atoms with Crippen LogP contribution >= 0.6 is 0 Å². The fourth-order valence-electron chi connectivity index (χ4n) is 2.49. The number of benzene rings is 1. The lowest BCUT2D eigenvalue weighted by Crippen LogP contribution is -2.12. The Morgan fingerprint density at radius 3 is 2.35 bits per heavy atom. The van der Waals surface area contributed by atoms with Gasteiger partial charge in [0.1, 0.15) is 0 Å². The summed E-state index contributed by atoms with van der Waals surface area (Å²) < 4.78 is 0. The Kier molecular flexibility index (Phi) is 2.76. The largest absolute Gasteiger partial charge is 0.240 e. The van der Waals surface area contributed by atoms with Crippen LogP contribution in [0.1, 0.15) is 31.4 Å². The molecule has 0 N–H and O–H groups in total. The van der Waals surface area contributed by atoms with Crippen molar-refractivity contribution in [3.8, 4) is 0 Å². The van der Waals surface area contributed by atoms with E-state index in [0.717, 1.165) is 24.0 Å². The summed E-state index contributed by atoms with van der Waals surface area (Å²) in [6, 6.07) is 3.40. The van der Waals surface area contributed by atoms with Crippen molar-refractivity contribution in [2.75, 3.05) is 0 Å². The Morgan fingerprint density at radius 1 is 1.12 bits per heavy atom. The molecule has 0 aromatic heterocycles. The number of aliphatic imine (C=N–C) groups is 2. The van der Waals surface area contributed by atoms with Crippen molar-refractivity contribution in [1.29, 1.82) is 0 Å². The van der Waals surface area contributed by atoms with Gasteiger partial charge in [0, 0.05) is 0 Å². The molecule has 1 aromatic rings. The van der Waals surface area contributed by atoms with Gasteiger partial charge in [-0.1, -0.05) is 13.8 Å². The minimum atomic E-state index is -0.0561. The third-order valence-corrected chi connectivity index (χ3v) is 3.28. The first-order chi connectivity index (χ1) is 8.10. The number of hydrogen-bond acceptors (Lipinski definition) is 4. The van der Waals surface area contributed by atoms with Gasteiger partial charge in [-0.2, -0.15) is 9.98 Å². The molecular weight excluding hydrogens is 216 g/mol. The first-order valence-corrected chi connectivity index (χ1v) is 5.42. The molecule has 86 valence electrons. The number of isocyanates is 2. The average Bonchev–Trinajstić information content (AvgIpc) is 2.60. The second kappa shape index (κ2) is 4.10. The molecule has 0 bridgehead atoms.